The van der Waals surface area contributed by atoms with Crippen LogP contribution in [0.4, 0.5) is 8.78 Å². The molecule has 2 unspecified atom stereocenters. The summed E-state index contributed by atoms with van der Waals surface area (Å²) in [6.45, 7) is 4.75. The Bertz CT molecular complexity index is 436. The number of rotatable bonds is 8. The second-order valence-electron chi connectivity index (χ2n) is 5.41. The average Bonchev–Trinajstić information content (AvgIpc) is 2.95. The molecule has 3 nitrogen and oxygen atoms in total. The maximum Gasteiger partial charge on any atom is 0.130 e. The molecule has 2 atom stereocenters. The third-order valence-corrected chi connectivity index (χ3v) is 3.67. The molecule has 1 aliphatic rings. The van der Waals surface area contributed by atoms with Crippen LogP contribution in [0.15, 0.2) is 18.2 Å². The summed E-state index contributed by atoms with van der Waals surface area (Å²) >= 11 is 0. The number of benzene rings is 1. The van der Waals surface area contributed by atoms with Gasteiger partial charge in [0.15, 0.2) is 0 Å². The van der Waals surface area contributed by atoms with E-state index < -0.39 is 11.6 Å². The molecule has 0 radical (unpaired) electrons. The van der Waals surface area contributed by atoms with Crippen LogP contribution in [0.25, 0.3) is 0 Å². The van der Waals surface area contributed by atoms with Gasteiger partial charge in [0.2, 0.25) is 0 Å². The fourth-order valence-corrected chi connectivity index (χ4v) is 2.45. The summed E-state index contributed by atoms with van der Waals surface area (Å²) in [6, 6.07) is 3.53. The first-order chi connectivity index (χ1) is 10.2. The van der Waals surface area contributed by atoms with Crippen molar-refractivity contribution in [3.05, 3.63) is 35.4 Å². The van der Waals surface area contributed by atoms with E-state index in [4.69, 9.17) is 9.47 Å². The van der Waals surface area contributed by atoms with Crippen molar-refractivity contribution in [2.24, 2.45) is 0 Å². The van der Waals surface area contributed by atoms with Gasteiger partial charge in [0.1, 0.15) is 11.6 Å². The van der Waals surface area contributed by atoms with Crippen LogP contribution in [0.1, 0.15) is 37.8 Å². The summed E-state index contributed by atoms with van der Waals surface area (Å²) in [5, 5.41) is 3.21. The highest BCUT2D eigenvalue weighted by molar-refractivity contribution is 5.21. The standard InChI is InChI=1S/C16H23F2NO2/c1-12(15-6-5-13(17)10-16(15)18)19-7-3-8-20-11-14-4-2-9-21-14/h5-6,10,12,14,19H,2-4,7-9,11H2,1H3. The Morgan fingerprint density at radius 3 is 3.00 bits per heavy atom. The lowest BCUT2D eigenvalue weighted by Crippen LogP contribution is -2.22. The van der Waals surface area contributed by atoms with Gasteiger partial charge in [-0.15, -0.1) is 0 Å². The number of hydrogen-bond donors (Lipinski definition) is 1. The molecule has 1 saturated heterocycles. The van der Waals surface area contributed by atoms with Crippen molar-refractivity contribution in [2.75, 3.05) is 26.4 Å². The molecule has 0 aliphatic carbocycles. The zero-order valence-electron chi connectivity index (χ0n) is 12.4. The summed E-state index contributed by atoms with van der Waals surface area (Å²) in [4.78, 5) is 0. The summed E-state index contributed by atoms with van der Waals surface area (Å²) in [5.41, 5.74) is 0.483. The average molecular weight is 299 g/mol. The Hall–Kier alpha value is -1.04. The van der Waals surface area contributed by atoms with Crippen LogP contribution in [-0.4, -0.2) is 32.5 Å². The van der Waals surface area contributed by atoms with E-state index in [2.05, 4.69) is 5.32 Å². The zero-order chi connectivity index (χ0) is 15.1. The maximum atomic E-state index is 13.6. The van der Waals surface area contributed by atoms with Gasteiger partial charge in [-0.2, -0.15) is 0 Å². The van der Waals surface area contributed by atoms with Gasteiger partial charge in [-0.1, -0.05) is 6.07 Å². The van der Waals surface area contributed by atoms with Crippen LogP contribution in [-0.2, 0) is 9.47 Å². The van der Waals surface area contributed by atoms with Crippen LogP contribution < -0.4 is 5.32 Å². The van der Waals surface area contributed by atoms with Crippen molar-refractivity contribution in [1.82, 2.24) is 5.32 Å². The van der Waals surface area contributed by atoms with Crippen LogP contribution in [0.2, 0.25) is 0 Å². The number of hydrogen-bond acceptors (Lipinski definition) is 3. The molecule has 1 heterocycles. The van der Waals surface area contributed by atoms with Gasteiger partial charge in [-0.25, -0.2) is 8.78 Å². The Morgan fingerprint density at radius 1 is 1.43 bits per heavy atom. The van der Waals surface area contributed by atoms with Crippen molar-refractivity contribution in [3.8, 4) is 0 Å². The zero-order valence-corrected chi connectivity index (χ0v) is 12.4. The second-order valence-corrected chi connectivity index (χ2v) is 5.41. The van der Waals surface area contributed by atoms with Crippen molar-refractivity contribution < 1.29 is 18.3 Å². The van der Waals surface area contributed by atoms with Crippen molar-refractivity contribution in [2.45, 2.75) is 38.3 Å². The Kier molecular flexibility index (Phi) is 6.54. The van der Waals surface area contributed by atoms with Crippen molar-refractivity contribution in [1.29, 1.82) is 0 Å². The molecule has 0 aromatic heterocycles. The third kappa shape index (κ3) is 5.34. The normalized spacial score (nSPS) is 19.9. The van der Waals surface area contributed by atoms with Gasteiger partial charge < -0.3 is 14.8 Å². The van der Waals surface area contributed by atoms with E-state index in [1.54, 1.807) is 0 Å². The molecule has 1 N–H and O–H groups in total. The fraction of sp³-hybridized carbons (Fsp3) is 0.625. The lowest BCUT2D eigenvalue weighted by molar-refractivity contribution is 0.0165. The monoisotopic (exact) mass is 299 g/mol. The molecular formula is C16H23F2NO2. The summed E-state index contributed by atoms with van der Waals surface area (Å²) in [6.07, 6.45) is 3.31. The van der Waals surface area contributed by atoms with E-state index in [0.717, 1.165) is 38.5 Å². The number of halogens is 2. The van der Waals surface area contributed by atoms with Gasteiger partial charge in [0, 0.05) is 30.9 Å². The first kappa shape index (κ1) is 16.3. The first-order valence-corrected chi connectivity index (χ1v) is 7.54. The largest absolute Gasteiger partial charge is 0.379 e. The summed E-state index contributed by atoms with van der Waals surface area (Å²) in [7, 11) is 0. The topological polar surface area (TPSA) is 30.5 Å². The number of ether oxygens (including phenoxy) is 2. The molecule has 1 aromatic carbocycles. The van der Waals surface area contributed by atoms with Crippen LogP contribution in [0.3, 0.4) is 0 Å². The van der Waals surface area contributed by atoms with Crippen LogP contribution >= 0.6 is 0 Å². The summed E-state index contributed by atoms with van der Waals surface area (Å²) < 4.78 is 37.4. The molecule has 5 heteroatoms. The molecule has 0 saturated carbocycles. The van der Waals surface area contributed by atoms with Gasteiger partial charge >= 0.3 is 0 Å². The van der Waals surface area contributed by atoms with E-state index in [1.807, 2.05) is 6.92 Å². The quantitative estimate of drug-likeness (QED) is 0.748. The molecule has 2 rings (SSSR count). The summed E-state index contributed by atoms with van der Waals surface area (Å²) in [5.74, 6) is -1.06. The van der Waals surface area contributed by atoms with E-state index >= 15 is 0 Å². The molecule has 1 fully saturated rings. The van der Waals surface area contributed by atoms with E-state index in [9.17, 15) is 8.78 Å². The predicted octanol–water partition coefficient (Wildman–Crippen LogP) is 3.20. The maximum absolute atomic E-state index is 13.6. The van der Waals surface area contributed by atoms with E-state index in [1.165, 1.54) is 12.1 Å². The Labute approximate surface area is 124 Å². The van der Waals surface area contributed by atoms with E-state index in [-0.39, 0.29) is 12.1 Å². The molecule has 1 aromatic rings. The smallest absolute Gasteiger partial charge is 0.130 e. The Balaban J connectivity index is 1.59. The van der Waals surface area contributed by atoms with Gasteiger partial charge in [0.05, 0.1) is 12.7 Å². The lowest BCUT2D eigenvalue weighted by atomic mass is 10.1. The molecule has 21 heavy (non-hydrogen) atoms. The van der Waals surface area contributed by atoms with Crippen molar-refractivity contribution >= 4 is 0 Å². The predicted molar refractivity (Wildman–Crippen MR) is 77.2 cm³/mol. The minimum Gasteiger partial charge on any atom is -0.379 e. The highest BCUT2D eigenvalue weighted by Gasteiger charge is 2.15. The highest BCUT2D eigenvalue weighted by atomic mass is 19.1. The third-order valence-electron chi connectivity index (χ3n) is 3.67. The fourth-order valence-electron chi connectivity index (χ4n) is 2.45. The molecule has 0 amide bonds. The lowest BCUT2D eigenvalue weighted by Gasteiger charge is -2.15. The Morgan fingerprint density at radius 2 is 2.29 bits per heavy atom. The molecule has 0 bridgehead atoms. The van der Waals surface area contributed by atoms with Gasteiger partial charge in [0.25, 0.3) is 0 Å². The molecule has 0 spiro atoms. The molecular weight excluding hydrogens is 276 g/mol. The molecule has 1 aliphatic heterocycles. The van der Waals surface area contributed by atoms with E-state index in [0.29, 0.717) is 18.8 Å². The molecule has 118 valence electrons. The van der Waals surface area contributed by atoms with Gasteiger partial charge in [-0.3, -0.25) is 0 Å². The SMILES string of the molecule is CC(NCCCOCC1CCCO1)c1ccc(F)cc1F. The minimum absolute atomic E-state index is 0.149. The first-order valence-electron chi connectivity index (χ1n) is 7.54. The van der Waals surface area contributed by atoms with Crippen molar-refractivity contribution in [3.63, 3.8) is 0 Å². The minimum atomic E-state index is -0.550. The number of nitrogens with one attached hydrogen (secondary N) is 1. The second kappa shape index (κ2) is 8.41. The van der Waals surface area contributed by atoms with Crippen LogP contribution in [0, 0.1) is 11.6 Å². The van der Waals surface area contributed by atoms with Crippen LogP contribution in [0.5, 0.6) is 0 Å². The highest BCUT2D eigenvalue weighted by Crippen LogP contribution is 2.17. The van der Waals surface area contributed by atoms with Gasteiger partial charge in [-0.05, 0) is 38.8 Å².